The highest BCUT2D eigenvalue weighted by molar-refractivity contribution is 5.72. The molecule has 3 N–H and O–H groups in total. The Morgan fingerprint density at radius 3 is 2.41 bits per heavy atom. The Kier molecular flexibility index (Phi) is 6.29. The van der Waals surface area contributed by atoms with Crippen LogP contribution in [-0.4, -0.2) is 61.1 Å². The van der Waals surface area contributed by atoms with Crippen LogP contribution in [0.1, 0.15) is 26.7 Å². The SMILES string of the molecule is CCN(CC)CCNC1CCN(C(N)=O)CC1. The summed E-state index contributed by atoms with van der Waals surface area (Å²) in [6, 6.07) is 0.257. The smallest absolute Gasteiger partial charge is 0.314 e. The van der Waals surface area contributed by atoms with Crippen molar-refractivity contribution in [3.8, 4) is 0 Å². The number of amides is 2. The molecule has 5 heteroatoms. The Hall–Kier alpha value is -0.810. The molecule has 0 aliphatic carbocycles. The molecule has 100 valence electrons. The summed E-state index contributed by atoms with van der Waals surface area (Å²) in [7, 11) is 0. The molecule has 1 aliphatic rings. The molecule has 1 fully saturated rings. The van der Waals surface area contributed by atoms with Crippen molar-refractivity contribution in [2.75, 3.05) is 39.3 Å². The minimum Gasteiger partial charge on any atom is -0.351 e. The number of carbonyl (C=O) groups is 1. The standard InChI is InChI=1S/C12H26N4O/c1-3-15(4-2)10-7-14-11-5-8-16(9-6-11)12(13)17/h11,14H,3-10H2,1-2H3,(H2,13,17). The van der Waals surface area contributed by atoms with Gasteiger partial charge in [0.25, 0.3) is 0 Å². The van der Waals surface area contributed by atoms with Gasteiger partial charge < -0.3 is 20.9 Å². The molecule has 17 heavy (non-hydrogen) atoms. The van der Waals surface area contributed by atoms with E-state index in [4.69, 9.17) is 5.73 Å². The third-order valence-corrected chi connectivity index (χ3v) is 3.56. The molecule has 0 spiro atoms. The normalized spacial score (nSPS) is 17.7. The summed E-state index contributed by atoms with van der Waals surface area (Å²) in [5, 5.41) is 3.56. The number of rotatable bonds is 6. The van der Waals surface area contributed by atoms with Gasteiger partial charge in [-0.05, 0) is 25.9 Å². The van der Waals surface area contributed by atoms with Crippen molar-refractivity contribution in [3.05, 3.63) is 0 Å². The number of nitrogens with two attached hydrogens (primary N) is 1. The number of nitrogens with one attached hydrogen (secondary N) is 1. The van der Waals surface area contributed by atoms with Crippen LogP contribution in [0.2, 0.25) is 0 Å². The van der Waals surface area contributed by atoms with Gasteiger partial charge >= 0.3 is 6.03 Å². The first kappa shape index (κ1) is 14.3. The zero-order valence-electron chi connectivity index (χ0n) is 11.1. The highest BCUT2D eigenvalue weighted by Gasteiger charge is 2.20. The van der Waals surface area contributed by atoms with Gasteiger partial charge in [0, 0.05) is 32.2 Å². The molecule has 0 atom stereocenters. The van der Waals surface area contributed by atoms with E-state index in [1.165, 1.54) is 0 Å². The lowest BCUT2D eigenvalue weighted by atomic mass is 10.1. The third-order valence-electron chi connectivity index (χ3n) is 3.56. The molecule has 0 aromatic carbocycles. The molecule has 5 nitrogen and oxygen atoms in total. The van der Waals surface area contributed by atoms with E-state index in [2.05, 4.69) is 24.1 Å². The Bertz CT molecular complexity index is 223. The number of hydrogen-bond acceptors (Lipinski definition) is 3. The van der Waals surface area contributed by atoms with Gasteiger partial charge in [0.1, 0.15) is 0 Å². The Morgan fingerprint density at radius 1 is 1.35 bits per heavy atom. The molecule has 0 radical (unpaired) electrons. The van der Waals surface area contributed by atoms with Crippen molar-refractivity contribution in [3.63, 3.8) is 0 Å². The van der Waals surface area contributed by atoms with Crippen LogP contribution in [0.3, 0.4) is 0 Å². The molecule has 0 bridgehead atoms. The average Bonchev–Trinajstić information content (AvgIpc) is 2.35. The molecule has 2 amide bonds. The minimum absolute atomic E-state index is 0.286. The second-order valence-electron chi connectivity index (χ2n) is 4.58. The molecule has 1 heterocycles. The monoisotopic (exact) mass is 242 g/mol. The van der Waals surface area contributed by atoms with Gasteiger partial charge in [0.05, 0.1) is 0 Å². The van der Waals surface area contributed by atoms with Crippen molar-refractivity contribution in [2.45, 2.75) is 32.7 Å². The highest BCUT2D eigenvalue weighted by atomic mass is 16.2. The first-order valence-electron chi connectivity index (χ1n) is 6.67. The average molecular weight is 242 g/mol. The van der Waals surface area contributed by atoms with E-state index >= 15 is 0 Å². The molecule has 0 aromatic heterocycles. The largest absolute Gasteiger partial charge is 0.351 e. The molecule has 0 unspecified atom stereocenters. The van der Waals surface area contributed by atoms with Crippen LogP contribution in [0.4, 0.5) is 4.79 Å². The van der Waals surface area contributed by atoms with Gasteiger partial charge in [0.2, 0.25) is 0 Å². The highest BCUT2D eigenvalue weighted by Crippen LogP contribution is 2.09. The Labute approximate surface area is 104 Å². The minimum atomic E-state index is -0.286. The number of urea groups is 1. The fraction of sp³-hybridized carbons (Fsp3) is 0.917. The predicted octanol–water partition coefficient (Wildman–Crippen LogP) is 0.461. The quantitative estimate of drug-likeness (QED) is 0.711. The van der Waals surface area contributed by atoms with Crippen LogP contribution in [0.5, 0.6) is 0 Å². The summed E-state index contributed by atoms with van der Waals surface area (Å²) in [5.41, 5.74) is 5.25. The molecular weight excluding hydrogens is 216 g/mol. The van der Waals surface area contributed by atoms with E-state index in [-0.39, 0.29) is 6.03 Å². The Morgan fingerprint density at radius 2 is 1.94 bits per heavy atom. The molecule has 1 aliphatic heterocycles. The van der Waals surface area contributed by atoms with E-state index in [1.54, 1.807) is 4.90 Å². The van der Waals surface area contributed by atoms with Crippen LogP contribution in [0, 0.1) is 0 Å². The lowest BCUT2D eigenvalue weighted by molar-refractivity contribution is 0.183. The van der Waals surface area contributed by atoms with Crippen LogP contribution in [-0.2, 0) is 0 Å². The van der Waals surface area contributed by atoms with Crippen molar-refractivity contribution in [2.24, 2.45) is 5.73 Å². The van der Waals surface area contributed by atoms with E-state index in [9.17, 15) is 4.79 Å². The van der Waals surface area contributed by atoms with Crippen molar-refractivity contribution >= 4 is 6.03 Å². The number of nitrogens with zero attached hydrogens (tertiary/aromatic N) is 2. The van der Waals surface area contributed by atoms with E-state index in [0.717, 1.165) is 52.1 Å². The van der Waals surface area contributed by atoms with E-state index < -0.39 is 0 Å². The molecule has 0 saturated carbocycles. The maximum absolute atomic E-state index is 11.0. The fourth-order valence-corrected chi connectivity index (χ4v) is 2.27. The molecule has 1 rings (SSSR count). The van der Waals surface area contributed by atoms with Gasteiger partial charge in [-0.3, -0.25) is 0 Å². The molecular formula is C12H26N4O. The summed E-state index contributed by atoms with van der Waals surface area (Å²) in [4.78, 5) is 15.1. The number of carbonyl (C=O) groups excluding carboxylic acids is 1. The van der Waals surface area contributed by atoms with Gasteiger partial charge in [0.15, 0.2) is 0 Å². The number of likely N-dealkylation sites (tertiary alicyclic amines) is 1. The van der Waals surface area contributed by atoms with Crippen LogP contribution < -0.4 is 11.1 Å². The molecule has 1 saturated heterocycles. The van der Waals surface area contributed by atoms with E-state index in [1.807, 2.05) is 0 Å². The summed E-state index contributed by atoms with van der Waals surface area (Å²) in [6.07, 6.45) is 2.03. The van der Waals surface area contributed by atoms with Crippen LogP contribution in [0.15, 0.2) is 0 Å². The topological polar surface area (TPSA) is 61.6 Å². The van der Waals surface area contributed by atoms with Gasteiger partial charge in [-0.15, -0.1) is 0 Å². The van der Waals surface area contributed by atoms with E-state index in [0.29, 0.717) is 6.04 Å². The number of primary amides is 1. The fourth-order valence-electron chi connectivity index (χ4n) is 2.27. The van der Waals surface area contributed by atoms with Crippen LogP contribution >= 0.6 is 0 Å². The summed E-state index contributed by atoms with van der Waals surface area (Å²) >= 11 is 0. The first-order chi connectivity index (χ1) is 8.17. The van der Waals surface area contributed by atoms with Gasteiger partial charge in [-0.1, -0.05) is 13.8 Å². The van der Waals surface area contributed by atoms with Crippen molar-refractivity contribution < 1.29 is 4.79 Å². The predicted molar refractivity (Wildman–Crippen MR) is 70.0 cm³/mol. The zero-order chi connectivity index (χ0) is 12.7. The maximum Gasteiger partial charge on any atom is 0.314 e. The first-order valence-corrected chi connectivity index (χ1v) is 6.67. The number of hydrogen-bond donors (Lipinski definition) is 2. The lowest BCUT2D eigenvalue weighted by Gasteiger charge is -2.31. The second kappa shape index (κ2) is 7.50. The second-order valence-corrected chi connectivity index (χ2v) is 4.58. The number of piperidine rings is 1. The van der Waals surface area contributed by atoms with Gasteiger partial charge in [-0.2, -0.15) is 0 Å². The van der Waals surface area contributed by atoms with Crippen molar-refractivity contribution in [1.82, 2.24) is 15.1 Å². The number of likely N-dealkylation sites (N-methyl/N-ethyl adjacent to an activating group) is 1. The maximum atomic E-state index is 11.0. The van der Waals surface area contributed by atoms with Crippen molar-refractivity contribution in [1.29, 1.82) is 0 Å². The van der Waals surface area contributed by atoms with Gasteiger partial charge in [-0.25, -0.2) is 4.79 Å². The summed E-state index contributed by atoms with van der Waals surface area (Å²) in [6.45, 7) is 10.3. The lowest BCUT2D eigenvalue weighted by Crippen LogP contribution is -2.47. The summed E-state index contributed by atoms with van der Waals surface area (Å²) < 4.78 is 0. The zero-order valence-corrected chi connectivity index (χ0v) is 11.1. The van der Waals surface area contributed by atoms with Crippen LogP contribution in [0.25, 0.3) is 0 Å². The third kappa shape index (κ3) is 4.91. The summed E-state index contributed by atoms with van der Waals surface area (Å²) in [5.74, 6) is 0. The Balaban J connectivity index is 2.12. The molecule has 0 aromatic rings.